The predicted molar refractivity (Wildman–Crippen MR) is 209 cm³/mol. The molecule has 248 valence electrons. The third-order valence-corrected chi connectivity index (χ3v) is 11.3. The predicted octanol–water partition coefficient (Wildman–Crippen LogP) is 9.85. The van der Waals surface area contributed by atoms with Gasteiger partial charge in [0.05, 0.1) is 17.6 Å². The Hall–Kier alpha value is -6.14. The summed E-state index contributed by atoms with van der Waals surface area (Å²) in [5.41, 5.74) is 12.9. The van der Waals surface area contributed by atoms with Crippen molar-refractivity contribution < 1.29 is 0 Å². The average molecular weight is 663 g/mol. The Bertz CT molecular complexity index is 2350. The van der Waals surface area contributed by atoms with E-state index in [1.807, 2.05) is 6.20 Å². The third kappa shape index (κ3) is 4.42. The van der Waals surface area contributed by atoms with Crippen LogP contribution < -0.4 is 19.6 Å². The summed E-state index contributed by atoms with van der Waals surface area (Å²) in [6.07, 6.45) is 5.17. The Morgan fingerprint density at radius 3 is 2.12 bits per heavy atom. The Kier molecular flexibility index (Phi) is 6.68. The largest absolute Gasteiger partial charge is 0.337 e. The van der Waals surface area contributed by atoms with E-state index in [1.165, 1.54) is 39.4 Å². The summed E-state index contributed by atoms with van der Waals surface area (Å²) in [6, 6.07) is 47.9. The molecule has 4 aliphatic heterocycles. The molecule has 1 aromatic heterocycles. The number of fused-ring (bicyclic) bond motifs is 12. The minimum atomic E-state index is -0.0664. The number of allylic oxidation sites excluding steroid dienone is 1. The van der Waals surface area contributed by atoms with Gasteiger partial charge < -0.3 is 19.6 Å². The molecule has 5 heterocycles. The van der Waals surface area contributed by atoms with Crippen molar-refractivity contribution in [2.45, 2.75) is 31.6 Å². The maximum absolute atomic E-state index is 5.33. The van der Waals surface area contributed by atoms with E-state index in [0.717, 1.165) is 40.5 Å². The maximum Gasteiger partial charge on any atom is 0.161 e. The van der Waals surface area contributed by atoms with Crippen molar-refractivity contribution in [3.05, 3.63) is 175 Å². The van der Waals surface area contributed by atoms with E-state index in [4.69, 9.17) is 16.5 Å². The minimum Gasteiger partial charge on any atom is -0.337 e. The highest BCUT2D eigenvalue weighted by Gasteiger charge is 2.56. The van der Waals surface area contributed by atoms with Crippen LogP contribution in [-0.2, 0) is 0 Å². The van der Waals surface area contributed by atoms with E-state index >= 15 is 0 Å². The zero-order valence-corrected chi connectivity index (χ0v) is 28.8. The molecule has 0 saturated carbocycles. The lowest BCUT2D eigenvalue weighted by molar-refractivity contribution is 0.285. The molecule has 4 unspecified atom stereocenters. The van der Waals surface area contributed by atoms with Gasteiger partial charge in [0.15, 0.2) is 11.6 Å². The molecule has 6 aromatic rings. The first-order chi connectivity index (χ1) is 25.1. The molecule has 10 rings (SSSR count). The lowest BCUT2D eigenvalue weighted by Gasteiger charge is -2.53. The highest BCUT2D eigenvalue weighted by atomic mass is 15.5. The van der Waals surface area contributed by atoms with Crippen molar-refractivity contribution in [1.82, 2.24) is 9.97 Å². The summed E-state index contributed by atoms with van der Waals surface area (Å²) in [4.78, 5) is 20.4. The Morgan fingerprint density at radius 2 is 1.33 bits per heavy atom. The second kappa shape index (κ2) is 11.5. The van der Waals surface area contributed by atoms with Gasteiger partial charge in [0.1, 0.15) is 18.0 Å². The number of anilines is 5. The lowest BCUT2D eigenvalue weighted by atomic mass is 9.71. The SMILES string of the molecule is C=C1CC2c3ccccc3N3c4cnc(-c5ccccc5C)nc4N(C)C3C2C2N(C=C(c3ccccc3)N2c2ccccc2)c2ccccc21. The van der Waals surface area contributed by atoms with Crippen molar-refractivity contribution >= 4 is 39.8 Å². The van der Waals surface area contributed by atoms with Crippen molar-refractivity contribution in [1.29, 1.82) is 0 Å². The number of nitrogens with zero attached hydrogens (tertiary/aromatic N) is 6. The summed E-state index contributed by atoms with van der Waals surface area (Å²) < 4.78 is 0. The Balaban J connectivity index is 1.23. The van der Waals surface area contributed by atoms with Crippen molar-refractivity contribution in [3.8, 4) is 11.4 Å². The summed E-state index contributed by atoms with van der Waals surface area (Å²) in [5.74, 6) is 1.97. The molecule has 6 heteroatoms. The average Bonchev–Trinajstić information content (AvgIpc) is 3.71. The molecule has 5 aromatic carbocycles. The van der Waals surface area contributed by atoms with Gasteiger partial charge in [-0.3, -0.25) is 0 Å². The molecule has 51 heavy (non-hydrogen) atoms. The van der Waals surface area contributed by atoms with Gasteiger partial charge in [-0.05, 0) is 59.9 Å². The molecule has 0 amide bonds. The van der Waals surface area contributed by atoms with E-state index in [-0.39, 0.29) is 24.2 Å². The molecule has 0 aliphatic carbocycles. The number of aryl methyl sites for hydroxylation is 1. The normalized spacial score (nSPS) is 21.5. The quantitative estimate of drug-likeness (QED) is 0.188. The highest BCUT2D eigenvalue weighted by Crippen LogP contribution is 2.59. The second-order valence-corrected chi connectivity index (χ2v) is 14.1. The molecule has 6 nitrogen and oxygen atoms in total. The van der Waals surface area contributed by atoms with Gasteiger partial charge in [0.25, 0.3) is 0 Å². The zero-order valence-electron chi connectivity index (χ0n) is 28.8. The molecule has 0 bridgehead atoms. The molecule has 0 N–H and O–H groups in total. The van der Waals surface area contributed by atoms with Gasteiger partial charge in [-0.25, -0.2) is 9.97 Å². The van der Waals surface area contributed by atoms with Crippen molar-refractivity contribution in [2.24, 2.45) is 5.92 Å². The third-order valence-electron chi connectivity index (χ3n) is 11.3. The van der Waals surface area contributed by atoms with E-state index in [1.54, 1.807) is 0 Å². The van der Waals surface area contributed by atoms with Crippen LogP contribution in [0.25, 0.3) is 22.7 Å². The van der Waals surface area contributed by atoms with Gasteiger partial charge in [-0.15, -0.1) is 0 Å². The summed E-state index contributed by atoms with van der Waals surface area (Å²) >= 11 is 0. The maximum atomic E-state index is 5.33. The number of para-hydroxylation sites is 3. The first-order valence-corrected chi connectivity index (χ1v) is 17.8. The van der Waals surface area contributed by atoms with Crippen LogP contribution in [0.15, 0.2) is 152 Å². The van der Waals surface area contributed by atoms with Crippen LogP contribution in [-0.4, -0.2) is 29.3 Å². The second-order valence-electron chi connectivity index (χ2n) is 14.1. The van der Waals surface area contributed by atoms with Gasteiger partial charge in [-0.2, -0.15) is 0 Å². The Labute approximate surface area is 299 Å². The van der Waals surface area contributed by atoms with E-state index in [9.17, 15) is 0 Å². The fraction of sp³-hybridized carbons (Fsp3) is 0.156. The Morgan fingerprint density at radius 1 is 0.667 bits per heavy atom. The minimum absolute atomic E-state index is 0.0402. The van der Waals surface area contributed by atoms with Gasteiger partial charge in [0.2, 0.25) is 0 Å². The summed E-state index contributed by atoms with van der Waals surface area (Å²) in [5, 5.41) is 0. The molecule has 0 radical (unpaired) electrons. The zero-order chi connectivity index (χ0) is 34.2. The van der Waals surface area contributed by atoms with E-state index in [2.05, 4.69) is 173 Å². The van der Waals surface area contributed by atoms with Gasteiger partial charge in [-0.1, -0.05) is 116 Å². The van der Waals surface area contributed by atoms with Crippen LogP contribution in [0.4, 0.5) is 28.6 Å². The molecular weight excluding hydrogens is 625 g/mol. The van der Waals surface area contributed by atoms with Crippen LogP contribution in [0.5, 0.6) is 0 Å². The first kappa shape index (κ1) is 29.7. The van der Waals surface area contributed by atoms with Crippen molar-refractivity contribution in [2.75, 3.05) is 26.6 Å². The van der Waals surface area contributed by atoms with E-state index < -0.39 is 0 Å². The van der Waals surface area contributed by atoms with Crippen molar-refractivity contribution in [3.63, 3.8) is 0 Å². The molecule has 0 fully saturated rings. The van der Waals surface area contributed by atoms with Crippen LogP contribution in [0.1, 0.15) is 34.6 Å². The van der Waals surface area contributed by atoms with Crippen LogP contribution >= 0.6 is 0 Å². The molecule has 4 aliphatic rings. The molecule has 4 atom stereocenters. The number of benzene rings is 5. The molecule has 0 spiro atoms. The summed E-state index contributed by atoms with van der Waals surface area (Å²) in [6.45, 7) is 6.90. The number of hydrogen-bond acceptors (Lipinski definition) is 6. The number of aromatic nitrogens is 2. The molecule has 0 saturated heterocycles. The lowest BCUT2D eigenvalue weighted by Crippen LogP contribution is -2.60. The van der Waals surface area contributed by atoms with Crippen LogP contribution in [0, 0.1) is 12.8 Å². The first-order valence-electron chi connectivity index (χ1n) is 17.8. The summed E-state index contributed by atoms with van der Waals surface area (Å²) in [7, 11) is 2.22. The van der Waals surface area contributed by atoms with Crippen LogP contribution in [0.2, 0.25) is 0 Å². The van der Waals surface area contributed by atoms with E-state index in [0.29, 0.717) is 0 Å². The number of hydrogen-bond donors (Lipinski definition) is 0. The fourth-order valence-electron chi connectivity index (χ4n) is 9.12. The standard InChI is InChI=1S/C45H38N6/c1-29-16-10-11-22-34(29)42-46-27-39-43(47-42)48(3)44-41-36(35-23-13-15-25-38(35)51(39)44)26-30(2)33-21-12-14-24-37(33)49-28-40(31-17-6-4-7-18-31)50(45(41)49)32-19-8-5-9-20-32/h4-25,27-28,36,41,44-45H,2,26H2,1,3H3. The highest BCUT2D eigenvalue weighted by molar-refractivity contribution is 5.91. The monoisotopic (exact) mass is 662 g/mol. The molecular formula is C45H38N6. The fourth-order valence-corrected chi connectivity index (χ4v) is 9.12. The van der Waals surface area contributed by atoms with Gasteiger partial charge >= 0.3 is 0 Å². The topological polar surface area (TPSA) is 38.7 Å². The van der Waals surface area contributed by atoms with Crippen LogP contribution in [0.3, 0.4) is 0 Å². The number of rotatable bonds is 3. The smallest absolute Gasteiger partial charge is 0.161 e. The van der Waals surface area contributed by atoms with Gasteiger partial charge in [0, 0.05) is 47.6 Å².